The van der Waals surface area contributed by atoms with Gasteiger partial charge in [0.2, 0.25) is 6.79 Å². The Morgan fingerprint density at radius 2 is 2.07 bits per heavy atom. The number of carbonyl (C=O) groups excluding carboxylic acids is 1. The van der Waals surface area contributed by atoms with Crippen molar-refractivity contribution in [1.82, 2.24) is 10.2 Å². The number of hydrogen-bond acceptors (Lipinski definition) is 6. The fourth-order valence-electron chi connectivity index (χ4n) is 4.47. The predicted octanol–water partition coefficient (Wildman–Crippen LogP) is 1.98. The highest BCUT2D eigenvalue weighted by Gasteiger charge is 2.59. The molecule has 3 aliphatic heterocycles. The van der Waals surface area contributed by atoms with Crippen LogP contribution in [0.3, 0.4) is 0 Å². The standard InChI is InChI=1S/C21H18N4O3S/c1-24-10-16(14-5-6-17-18(8-14)28-12-27-17)21(11-24)19(26)25(20(29)23-21)15-4-2-3-13(7-15)9-22/h2-8,16H,10-12H2,1H3,(H,23,29)/t16-,21-/m0/s1. The molecule has 1 amide bonds. The van der Waals surface area contributed by atoms with Crippen LogP contribution >= 0.6 is 12.2 Å². The van der Waals surface area contributed by atoms with E-state index in [0.717, 1.165) is 5.56 Å². The van der Waals surface area contributed by atoms with Crippen molar-refractivity contribution in [2.45, 2.75) is 11.5 Å². The van der Waals surface area contributed by atoms with Crippen molar-refractivity contribution < 1.29 is 14.3 Å². The van der Waals surface area contributed by atoms with Crippen LogP contribution in [0.4, 0.5) is 5.69 Å². The Morgan fingerprint density at radius 1 is 1.24 bits per heavy atom. The molecule has 29 heavy (non-hydrogen) atoms. The van der Waals surface area contributed by atoms with Gasteiger partial charge in [-0.1, -0.05) is 12.1 Å². The van der Waals surface area contributed by atoms with E-state index in [4.69, 9.17) is 21.7 Å². The molecular weight excluding hydrogens is 388 g/mol. The number of nitrogens with one attached hydrogen (secondary N) is 1. The minimum absolute atomic E-state index is 0.107. The highest BCUT2D eigenvalue weighted by atomic mass is 32.1. The molecule has 8 heteroatoms. The zero-order chi connectivity index (χ0) is 20.2. The van der Waals surface area contributed by atoms with E-state index in [1.54, 1.807) is 24.3 Å². The number of benzene rings is 2. The number of rotatable bonds is 2. The Hall–Kier alpha value is -3.15. The number of amides is 1. The highest BCUT2D eigenvalue weighted by Crippen LogP contribution is 2.44. The first-order chi connectivity index (χ1) is 14.0. The summed E-state index contributed by atoms with van der Waals surface area (Å²) < 4.78 is 11.0. The average molecular weight is 406 g/mol. The quantitative estimate of drug-likeness (QED) is 0.764. The molecule has 0 aliphatic carbocycles. The summed E-state index contributed by atoms with van der Waals surface area (Å²) in [5.41, 5.74) is 1.20. The van der Waals surface area contributed by atoms with Crippen LogP contribution in [0.1, 0.15) is 17.0 Å². The largest absolute Gasteiger partial charge is 0.454 e. The molecular formula is C21H18N4O3S. The van der Waals surface area contributed by atoms with Gasteiger partial charge in [0, 0.05) is 19.0 Å². The second kappa shape index (κ2) is 6.44. The molecule has 2 aromatic rings. The van der Waals surface area contributed by atoms with E-state index in [9.17, 15) is 10.1 Å². The van der Waals surface area contributed by atoms with Crippen LogP contribution in [0.15, 0.2) is 42.5 Å². The van der Waals surface area contributed by atoms with Crippen molar-refractivity contribution in [3.8, 4) is 17.6 Å². The molecule has 146 valence electrons. The number of nitriles is 1. The molecule has 7 nitrogen and oxygen atoms in total. The molecule has 3 heterocycles. The van der Waals surface area contributed by atoms with Gasteiger partial charge in [0.1, 0.15) is 5.54 Å². The van der Waals surface area contributed by atoms with Crippen LogP contribution < -0.4 is 19.7 Å². The van der Waals surface area contributed by atoms with Gasteiger partial charge >= 0.3 is 0 Å². The van der Waals surface area contributed by atoms with Gasteiger partial charge in [-0.3, -0.25) is 9.69 Å². The van der Waals surface area contributed by atoms with Crippen molar-refractivity contribution in [2.75, 3.05) is 31.8 Å². The van der Waals surface area contributed by atoms with Crippen LogP contribution in [0.25, 0.3) is 0 Å². The summed E-state index contributed by atoms with van der Waals surface area (Å²) in [4.78, 5) is 17.3. The van der Waals surface area contributed by atoms with E-state index in [2.05, 4.69) is 16.3 Å². The van der Waals surface area contributed by atoms with Gasteiger partial charge in [-0.05, 0) is 55.2 Å². The van der Waals surface area contributed by atoms with E-state index in [-0.39, 0.29) is 18.6 Å². The second-order valence-corrected chi connectivity index (χ2v) is 7.95. The topological polar surface area (TPSA) is 77.8 Å². The average Bonchev–Trinajstić information content (AvgIpc) is 3.38. The van der Waals surface area contributed by atoms with E-state index in [1.165, 1.54) is 4.90 Å². The van der Waals surface area contributed by atoms with Crippen LogP contribution in [0.5, 0.6) is 11.5 Å². The molecule has 2 fully saturated rings. The molecule has 2 aromatic carbocycles. The number of ether oxygens (including phenoxy) is 2. The van der Waals surface area contributed by atoms with Gasteiger partial charge in [-0.2, -0.15) is 5.26 Å². The third-order valence-electron chi connectivity index (χ3n) is 5.76. The number of anilines is 1. The Balaban J connectivity index is 1.55. The zero-order valence-corrected chi connectivity index (χ0v) is 16.5. The highest BCUT2D eigenvalue weighted by molar-refractivity contribution is 7.80. The summed E-state index contributed by atoms with van der Waals surface area (Å²) in [5, 5.41) is 12.9. The molecule has 1 N–H and O–H groups in total. The van der Waals surface area contributed by atoms with Crippen LogP contribution in [0, 0.1) is 11.3 Å². The summed E-state index contributed by atoms with van der Waals surface area (Å²) in [7, 11) is 1.99. The second-order valence-electron chi connectivity index (χ2n) is 7.57. The fraction of sp³-hybridized carbons (Fsp3) is 0.286. The van der Waals surface area contributed by atoms with Crippen molar-refractivity contribution in [3.63, 3.8) is 0 Å². The Kier molecular flexibility index (Phi) is 3.98. The summed E-state index contributed by atoms with van der Waals surface area (Å²) in [6.45, 7) is 1.44. The molecule has 3 aliphatic rings. The zero-order valence-electron chi connectivity index (χ0n) is 15.7. The van der Waals surface area contributed by atoms with E-state index in [1.807, 2.05) is 25.2 Å². The number of nitrogens with zero attached hydrogens (tertiary/aromatic N) is 3. The van der Waals surface area contributed by atoms with Gasteiger partial charge in [0.05, 0.1) is 17.3 Å². The number of carbonyl (C=O) groups is 1. The molecule has 0 unspecified atom stereocenters. The maximum atomic E-state index is 13.7. The molecule has 0 bridgehead atoms. The van der Waals surface area contributed by atoms with Crippen LogP contribution in [0.2, 0.25) is 0 Å². The number of thiocarbonyl (C=S) groups is 1. The van der Waals surface area contributed by atoms with Crippen molar-refractivity contribution in [1.29, 1.82) is 5.26 Å². The predicted molar refractivity (Wildman–Crippen MR) is 110 cm³/mol. The van der Waals surface area contributed by atoms with Crippen molar-refractivity contribution in [3.05, 3.63) is 53.6 Å². The molecule has 5 rings (SSSR count). The molecule has 0 saturated carbocycles. The summed E-state index contributed by atoms with van der Waals surface area (Å²) in [5.74, 6) is 1.19. The minimum atomic E-state index is -0.873. The summed E-state index contributed by atoms with van der Waals surface area (Å²) >= 11 is 5.56. The van der Waals surface area contributed by atoms with E-state index in [0.29, 0.717) is 41.0 Å². The van der Waals surface area contributed by atoms with Gasteiger partial charge < -0.3 is 19.7 Å². The molecule has 2 atom stereocenters. The van der Waals surface area contributed by atoms with Gasteiger partial charge in [-0.15, -0.1) is 0 Å². The monoisotopic (exact) mass is 406 g/mol. The molecule has 0 aromatic heterocycles. The van der Waals surface area contributed by atoms with Crippen molar-refractivity contribution in [2.24, 2.45) is 0 Å². The van der Waals surface area contributed by atoms with Crippen LogP contribution in [-0.4, -0.2) is 48.4 Å². The van der Waals surface area contributed by atoms with E-state index >= 15 is 0 Å². The lowest BCUT2D eigenvalue weighted by molar-refractivity contribution is -0.122. The third kappa shape index (κ3) is 2.66. The van der Waals surface area contributed by atoms with E-state index < -0.39 is 5.54 Å². The lowest BCUT2D eigenvalue weighted by Crippen LogP contribution is -2.52. The van der Waals surface area contributed by atoms with Gasteiger partial charge in [0.15, 0.2) is 16.6 Å². The van der Waals surface area contributed by atoms with Crippen LogP contribution in [-0.2, 0) is 4.79 Å². The summed E-state index contributed by atoms with van der Waals surface area (Å²) in [6.07, 6.45) is 0. The Labute approximate surface area is 173 Å². The maximum Gasteiger partial charge on any atom is 0.261 e. The first-order valence-electron chi connectivity index (χ1n) is 9.27. The molecule has 1 spiro atoms. The van der Waals surface area contributed by atoms with Crippen molar-refractivity contribution >= 4 is 28.9 Å². The van der Waals surface area contributed by atoms with Gasteiger partial charge in [0.25, 0.3) is 5.91 Å². The number of likely N-dealkylation sites (tertiary alicyclic amines) is 1. The lowest BCUT2D eigenvalue weighted by atomic mass is 9.81. The first kappa shape index (κ1) is 17.9. The smallest absolute Gasteiger partial charge is 0.261 e. The number of hydrogen-bond donors (Lipinski definition) is 1. The minimum Gasteiger partial charge on any atom is -0.454 e. The fourth-order valence-corrected chi connectivity index (χ4v) is 4.84. The molecule has 0 radical (unpaired) electrons. The first-order valence-corrected chi connectivity index (χ1v) is 9.67. The maximum absolute atomic E-state index is 13.7. The SMILES string of the molecule is CN1C[C@@H](c2ccc3c(c2)OCO3)[C@]2(C1)NC(=S)N(c1cccc(C#N)c1)C2=O. The Bertz CT molecular complexity index is 1080. The lowest BCUT2D eigenvalue weighted by Gasteiger charge is -2.28. The number of likely N-dealkylation sites (N-methyl/N-ethyl adjacent to an activating group) is 1. The summed E-state index contributed by atoms with van der Waals surface area (Å²) in [6, 6.07) is 14.9. The third-order valence-corrected chi connectivity index (χ3v) is 6.04. The molecule has 2 saturated heterocycles. The number of fused-ring (bicyclic) bond motifs is 1. The normalized spacial score (nSPS) is 25.5. The Morgan fingerprint density at radius 3 is 2.90 bits per heavy atom. The van der Waals surface area contributed by atoms with Gasteiger partial charge in [-0.25, -0.2) is 0 Å².